The van der Waals surface area contributed by atoms with Crippen molar-refractivity contribution in [3.8, 4) is 0 Å². The first-order chi connectivity index (χ1) is 12.1. The Kier molecular flexibility index (Phi) is 5.31. The van der Waals surface area contributed by atoms with Crippen LogP contribution in [0.2, 0.25) is 0 Å². The molecular formula is C20H26N4O. The van der Waals surface area contributed by atoms with Crippen LogP contribution < -0.4 is 10.6 Å². The minimum absolute atomic E-state index is 0.0511. The van der Waals surface area contributed by atoms with Crippen molar-refractivity contribution < 1.29 is 4.79 Å². The molecule has 0 radical (unpaired) electrons. The summed E-state index contributed by atoms with van der Waals surface area (Å²) in [7, 11) is 0. The van der Waals surface area contributed by atoms with Gasteiger partial charge in [-0.2, -0.15) is 0 Å². The molecule has 1 amide bonds. The minimum atomic E-state index is -0.536. The van der Waals surface area contributed by atoms with Gasteiger partial charge >= 0.3 is 0 Å². The number of carbonyl (C=O) groups excluding carboxylic acids is 1. The standard InChI is InChI=1S/C20H26N4O/c1-15-6-8-17(9-7-15)24-20(10-4-3-5-11-20)19(25)23-14-18-13-21-16(2)12-22-18/h6-9,12-13,24H,3-5,10-11,14H2,1-2H3,(H,23,25). The Hall–Kier alpha value is -2.43. The molecule has 0 saturated heterocycles. The quantitative estimate of drug-likeness (QED) is 0.875. The zero-order valence-electron chi connectivity index (χ0n) is 15.0. The number of nitrogens with zero attached hydrogens (tertiary/aromatic N) is 2. The topological polar surface area (TPSA) is 66.9 Å². The summed E-state index contributed by atoms with van der Waals surface area (Å²) in [5, 5.41) is 6.58. The van der Waals surface area contributed by atoms with Crippen LogP contribution in [0.15, 0.2) is 36.7 Å². The van der Waals surface area contributed by atoms with Crippen molar-refractivity contribution in [3.05, 3.63) is 53.6 Å². The third kappa shape index (κ3) is 4.35. The Bertz CT molecular complexity index is 703. The highest BCUT2D eigenvalue weighted by molar-refractivity contribution is 5.89. The van der Waals surface area contributed by atoms with Gasteiger partial charge in [-0.15, -0.1) is 0 Å². The second-order valence-electron chi connectivity index (χ2n) is 6.97. The van der Waals surface area contributed by atoms with Crippen LogP contribution >= 0.6 is 0 Å². The van der Waals surface area contributed by atoms with Gasteiger partial charge < -0.3 is 10.6 Å². The zero-order chi connectivity index (χ0) is 17.7. The second-order valence-corrected chi connectivity index (χ2v) is 6.97. The number of nitrogens with one attached hydrogen (secondary N) is 2. The van der Waals surface area contributed by atoms with E-state index in [4.69, 9.17) is 0 Å². The van der Waals surface area contributed by atoms with E-state index >= 15 is 0 Å². The molecule has 0 spiro atoms. The normalized spacial score (nSPS) is 16.2. The molecule has 1 fully saturated rings. The molecular weight excluding hydrogens is 312 g/mol. The number of anilines is 1. The molecule has 1 saturated carbocycles. The van der Waals surface area contributed by atoms with Crippen molar-refractivity contribution in [2.75, 3.05) is 5.32 Å². The lowest BCUT2D eigenvalue weighted by atomic mass is 9.80. The van der Waals surface area contributed by atoms with Crippen LogP contribution in [0.3, 0.4) is 0 Å². The van der Waals surface area contributed by atoms with Gasteiger partial charge in [0.25, 0.3) is 0 Å². The Morgan fingerprint density at radius 1 is 1.04 bits per heavy atom. The lowest BCUT2D eigenvalue weighted by molar-refractivity contribution is -0.126. The minimum Gasteiger partial charge on any atom is -0.371 e. The van der Waals surface area contributed by atoms with E-state index in [-0.39, 0.29) is 5.91 Å². The third-order valence-electron chi connectivity index (χ3n) is 4.84. The predicted octanol–water partition coefficient (Wildman–Crippen LogP) is 3.52. The summed E-state index contributed by atoms with van der Waals surface area (Å²) in [6.45, 7) is 4.37. The fourth-order valence-corrected chi connectivity index (χ4v) is 3.33. The molecule has 0 unspecified atom stereocenters. The largest absolute Gasteiger partial charge is 0.371 e. The van der Waals surface area contributed by atoms with Crippen LogP contribution in [0.4, 0.5) is 5.69 Å². The summed E-state index contributed by atoms with van der Waals surface area (Å²) in [4.78, 5) is 21.6. The van der Waals surface area contributed by atoms with Crippen LogP contribution in [0.25, 0.3) is 0 Å². The molecule has 0 bridgehead atoms. The van der Waals surface area contributed by atoms with Crippen molar-refractivity contribution in [3.63, 3.8) is 0 Å². The first kappa shape index (κ1) is 17.4. The lowest BCUT2D eigenvalue weighted by Gasteiger charge is -2.37. The number of benzene rings is 1. The Morgan fingerprint density at radius 3 is 2.40 bits per heavy atom. The van der Waals surface area contributed by atoms with Gasteiger partial charge in [0.2, 0.25) is 5.91 Å². The van der Waals surface area contributed by atoms with E-state index in [1.54, 1.807) is 12.4 Å². The smallest absolute Gasteiger partial charge is 0.245 e. The fourth-order valence-electron chi connectivity index (χ4n) is 3.33. The molecule has 5 heteroatoms. The van der Waals surface area contributed by atoms with E-state index in [0.717, 1.165) is 42.8 Å². The third-order valence-corrected chi connectivity index (χ3v) is 4.84. The van der Waals surface area contributed by atoms with Crippen LogP contribution in [0.1, 0.15) is 49.1 Å². The lowest BCUT2D eigenvalue weighted by Crippen LogP contribution is -2.53. The first-order valence-electron chi connectivity index (χ1n) is 8.98. The number of aryl methyl sites for hydroxylation is 2. The molecule has 0 aliphatic heterocycles. The van der Waals surface area contributed by atoms with Gasteiger partial charge in [-0.25, -0.2) is 0 Å². The van der Waals surface area contributed by atoms with Crippen LogP contribution in [-0.4, -0.2) is 21.4 Å². The predicted molar refractivity (Wildman–Crippen MR) is 99.2 cm³/mol. The van der Waals surface area contributed by atoms with Gasteiger partial charge in [0.1, 0.15) is 5.54 Å². The fraction of sp³-hybridized carbons (Fsp3) is 0.450. The van der Waals surface area contributed by atoms with Gasteiger partial charge in [-0.05, 0) is 38.8 Å². The Morgan fingerprint density at radius 2 is 1.76 bits per heavy atom. The molecule has 1 aromatic carbocycles. The average Bonchev–Trinajstić information content (AvgIpc) is 2.64. The second kappa shape index (κ2) is 7.64. The molecule has 1 aliphatic carbocycles. The van der Waals surface area contributed by atoms with Gasteiger partial charge in [0, 0.05) is 11.9 Å². The zero-order valence-corrected chi connectivity index (χ0v) is 15.0. The van der Waals surface area contributed by atoms with Crippen molar-refractivity contribution in [1.29, 1.82) is 0 Å². The molecule has 5 nitrogen and oxygen atoms in total. The van der Waals surface area contributed by atoms with Crippen molar-refractivity contribution in [1.82, 2.24) is 15.3 Å². The number of rotatable bonds is 5. The SMILES string of the molecule is Cc1ccc(NC2(C(=O)NCc3cnc(C)cn3)CCCCC2)cc1. The molecule has 1 heterocycles. The molecule has 2 N–H and O–H groups in total. The maximum Gasteiger partial charge on any atom is 0.245 e. The summed E-state index contributed by atoms with van der Waals surface area (Å²) in [5.41, 5.74) is 3.33. The maximum atomic E-state index is 13.0. The number of aromatic nitrogens is 2. The number of amides is 1. The van der Waals surface area contributed by atoms with Gasteiger partial charge in [-0.3, -0.25) is 14.8 Å². The van der Waals surface area contributed by atoms with E-state index in [2.05, 4.69) is 39.7 Å². The van der Waals surface area contributed by atoms with Gasteiger partial charge in [0.05, 0.1) is 24.1 Å². The van der Waals surface area contributed by atoms with E-state index in [9.17, 15) is 4.79 Å². The van der Waals surface area contributed by atoms with E-state index in [1.807, 2.05) is 19.1 Å². The number of hydrogen-bond acceptors (Lipinski definition) is 4. The molecule has 1 aromatic heterocycles. The summed E-state index contributed by atoms with van der Waals surface area (Å²) >= 11 is 0. The molecule has 3 rings (SSSR count). The van der Waals surface area contributed by atoms with Crippen LogP contribution in [0, 0.1) is 13.8 Å². The van der Waals surface area contributed by atoms with Crippen molar-refractivity contribution in [2.45, 2.75) is 58.0 Å². The molecule has 25 heavy (non-hydrogen) atoms. The summed E-state index contributed by atoms with van der Waals surface area (Å²) < 4.78 is 0. The monoisotopic (exact) mass is 338 g/mol. The molecule has 0 atom stereocenters. The summed E-state index contributed by atoms with van der Waals surface area (Å²) in [6, 6.07) is 8.23. The first-order valence-corrected chi connectivity index (χ1v) is 8.98. The van der Waals surface area contributed by atoms with E-state index < -0.39 is 5.54 Å². The van der Waals surface area contributed by atoms with Gasteiger partial charge in [0.15, 0.2) is 0 Å². The number of carbonyl (C=O) groups is 1. The average molecular weight is 338 g/mol. The Labute approximate surface area is 149 Å². The van der Waals surface area contributed by atoms with Gasteiger partial charge in [-0.1, -0.05) is 37.0 Å². The highest BCUT2D eigenvalue weighted by Gasteiger charge is 2.39. The Balaban J connectivity index is 1.71. The summed E-state index contributed by atoms with van der Waals surface area (Å²) in [6.07, 6.45) is 8.47. The number of hydrogen-bond donors (Lipinski definition) is 2. The van der Waals surface area contributed by atoms with Crippen molar-refractivity contribution >= 4 is 11.6 Å². The summed E-state index contributed by atoms with van der Waals surface area (Å²) in [5.74, 6) is 0.0511. The molecule has 2 aromatic rings. The van der Waals surface area contributed by atoms with E-state index in [1.165, 1.54) is 12.0 Å². The highest BCUT2D eigenvalue weighted by atomic mass is 16.2. The maximum absolute atomic E-state index is 13.0. The van der Waals surface area contributed by atoms with Crippen molar-refractivity contribution in [2.24, 2.45) is 0 Å². The van der Waals surface area contributed by atoms with E-state index in [0.29, 0.717) is 6.54 Å². The highest BCUT2D eigenvalue weighted by Crippen LogP contribution is 2.32. The molecule has 132 valence electrons. The van der Waals surface area contributed by atoms with Crippen LogP contribution in [0.5, 0.6) is 0 Å². The van der Waals surface area contributed by atoms with Crippen LogP contribution in [-0.2, 0) is 11.3 Å². The molecule has 1 aliphatic rings.